The molecule has 110 valence electrons. The van der Waals surface area contributed by atoms with Crippen molar-refractivity contribution in [2.45, 2.75) is 26.7 Å². The molecule has 2 amide bonds. The van der Waals surface area contributed by atoms with Crippen molar-refractivity contribution in [3.05, 3.63) is 0 Å². The quantitative estimate of drug-likeness (QED) is 0.635. The lowest BCUT2D eigenvalue weighted by molar-refractivity contribution is -0.563. The maximum atomic E-state index is 12.7. The van der Waals surface area contributed by atoms with Crippen LogP contribution in [0.2, 0.25) is 0 Å². The molecule has 1 aliphatic heterocycles. The molecule has 0 aromatic rings. The van der Waals surface area contributed by atoms with Crippen LogP contribution in [0.1, 0.15) is 26.7 Å². The second-order valence-corrected chi connectivity index (χ2v) is 10.1. The molecule has 3 heteroatoms. The second kappa shape index (κ2) is 2.32. The largest absolute Gasteiger partial charge is 0.285 e. The molecule has 7 aliphatic carbocycles. The molecule has 0 aromatic heterocycles. The third-order valence-corrected chi connectivity index (χ3v) is 9.67. The Bertz CT molecular complexity index is 641. The van der Waals surface area contributed by atoms with E-state index in [9.17, 15) is 9.59 Å². The number of amides is 2. The van der Waals surface area contributed by atoms with Gasteiger partial charge in [0, 0.05) is 7.05 Å². The molecule has 1 saturated heterocycles. The second-order valence-electron chi connectivity index (χ2n) is 10.1. The topological polar surface area (TPSA) is 37.4 Å². The highest BCUT2D eigenvalue weighted by molar-refractivity contribution is 6.06. The summed E-state index contributed by atoms with van der Waals surface area (Å²) in [5, 5.41) is 0. The van der Waals surface area contributed by atoms with E-state index in [1.54, 1.807) is 7.05 Å². The van der Waals surface area contributed by atoms with Crippen LogP contribution < -0.4 is 0 Å². The van der Waals surface area contributed by atoms with E-state index in [2.05, 4.69) is 13.8 Å². The van der Waals surface area contributed by atoms with Gasteiger partial charge in [-0.2, -0.15) is 0 Å². The molecule has 10 atom stereocenters. The van der Waals surface area contributed by atoms with Gasteiger partial charge in [-0.15, -0.1) is 0 Å². The van der Waals surface area contributed by atoms with Crippen LogP contribution in [0.4, 0.5) is 0 Å². The summed E-state index contributed by atoms with van der Waals surface area (Å²) in [6.45, 7) is 4.86. The molecule has 8 fully saturated rings. The number of rotatable bonds is 0. The minimum Gasteiger partial charge on any atom is -0.285 e. The van der Waals surface area contributed by atoms with Gasteiger partial charge in [-0.1, -0.05) is 13.8 Å². The zero-order chi connectivity index (χ0) is 14.3. The summed E-state index contributed by atoms with van der Waals surface area (Å²) < 4.78 is 0. The van der Waals surface area contributed by atoms with E-state index in [4.69, 9.17) is 0 Å². The predicted octanol–water partition coefficient (Wildman–Crippen LogP) is 1.78. The van der Waals surface area contributed by atoms with E-state index < -0.39 is 0 Å². The lowest BCUT2D eigenvalue weighted by Crippen LogP contribution is -3.00. The SMILES string of the molecule is CN1C(=O)C2C(C1=O)C1C3C4C2C25CC(C)(C)CC12C3C45. The number of hydrogen-bond acceptors (Lipinski definition) is 2. The Morgan fingerprint density at radius 2 is 1.29 bits per heavy atom. The van der Waals surface area contributed by atoms with Crippen molar-refractivity contribution >= 4 is 11.8 Å². The fourth-order valence-electron chi connectivity index (χ4n) is 10.3. The summed E-state index contributed by atoms with van der Waals surface area (Å²) in [7, 11) is 1.72. The Kier molecular flexibility index (Phi) is 1.19. The average Bonchev–Trinajstić information content (AvgIpc) is 2.76. The Morgan fingerprint density at radius 3 is 1.71 bits per heavy atom. The van der Waals surface area contributed by atoms with Crippen LogP contribution in [-0.2, 0) is 9.59 Å². The van der Waals surface area contributed by atoms with Crippen molar-refractivity contribution in [2.24, 2.45) is 63.6 Å². The summed E-state index contributed by atoms with van der Waals surface area (Å²) >= 11 is 0. The number of hydrogen-bond donors (Lipinski definition) is 0. The summed E-state index contributed by atoms with van der Waals surface area (Å²) in [5.74, 6) is 5.23. The van der Waals surface area contributed by atoms with Gasteiger partial charge in [0.15, 0.2) is 0 Å². The van der Waals surface area contributed by atoms with Gasteiger partial charge in [0.25, 0.3) is 0 Å². The lowest BCUT2D eigenvalue weighted by atomic mass is 9.01. The first-order valence-corrected chi connectivity index (χ1v) is 8.70. The Balaban J connectivity index is 1.49. The van der Waals surface area contributed by atoms with E-state index in [1.165, 1.54) is 17.7 Å². The van der Waals surface area contributed by atoms with E-state index >= 15 is 0 Å². The highest BCUT2D eigenvalue weighted by Crippen LogP contribution is 3.07. The molecule has 0 radical (unpaired) electrons. The van der Waals surface area contributed by atoms with Crippen LogP contribution in [0.5, 0.6) is 0 Å². The fraction of sp³-hybridized carbons (Fsp3) is 0.889. The predicted molar refractivity (Wildman–Crippen MR) is 73.6 cm³/mol. The van der Waals surface area contributed by atoms with Crippen molar-refractivity contribution in [3.63, 3.8) is 0 Å². The summed E-state index contributed by atoms with van der Waals surface area (Å²) in [6, 6.07) is 0. The highest BCUT2D eigenvalue weighted by atomic mass is 16.2. The third kappa shape index (κ3) is 0.608. The Labute approximate surface area is 124 Å². The van der Waals surface area contributed by atoms with Crippen LogP contribution in [-0.4, -0.2) is 23.8 Å². The first-order valence-electron chi connectivity index (χ1n) is 8.70. The molecule has 8 aliphatic rings. The monoisotopic (exact) mass is 283 g/mol. The molecular weight excluding hydrogens is 262 g/mol. The summed E-state index contributed by atoms with van der Waals surface area (Å²) in [6.07, 6.45) is 2.67. The minimum atomic E-state index is 0.0771. The van der Waals surface area contributed by atoms with Gasteiger partial charge in [0.05, 0.1) is 11.8 Å². The summed E-state index contributed by atoms with van der Waals surface area (Å²) in [5.41, 5.74) is 1.42. The van der Waals surface area contributed by atoms with Crippen LogP contribution in [0, 0.1) is 63.6 Å². The van der Waals surface area contributed by atoms with Crippen molar-refractivity contribution in [1.82, 2.24) is 4.90 Å². The molecule has 7 saturated carbocycles. The number of carbonyl (C=O) groups is 2. The van der Waals surface area contributed by atoms with Crippen molar-refractivity contribution < 1.29 is 9.59 Å². The molecule has 2 bridgehead atoms. The lowest BCUT2D eigenvalue weighted by Gasteiger charge is -3.02. The number of imide groups is 1. The van der Waals surface area contributed by atoms with Gasteiger partial charge in [0.2, 0.25) is 11.8 Å². The Morgan fingerprint density at radius 1 is 0.857 bits per heavy atom. The van der Waals surface area contributed by atoms with Gasteiger partial charge in [0.1, 0.15) is 0 Å². The van der Waals surface area contributed by atoms with E-state index in [0.717, 1.165) is 23.7 Å². The first-order chi connectivity index (χ1) is 9.88. The normalized spacial score (nSPS) is 72.0. The van der Waals surface area contributed by atoms with Gasteiger partial charge < -0.3 is 0 Å². The van der Waals surface area contributed by atoms with Crippen LogP contribution in [0.15, 0.2) is 0 Å². The zero-order valence-corrected chi connectivity index (χ0v) is 12.8. The van der Waals surface area contributed by atoms with Gasteiger partial charge in [-0.05, 0) is 64.6 Å². The number of likely N-dealkylation sites (tertiary alicyclic amines) is 1. The van der Waals surface area contributed by atoms with Crippen molar-refractivity contribution in [1.29, 1.82) is 0 Å². The molecular formula is C18H21NO2. The van der Waals surface area contributed by atoms with Crippen LogP contribution in [0.3, 0.4) is 0 Å². The van der Waals surface area contributed by atoms with E-state index in [1.807, 2.05) is 0 Å². The molecule has 10 unspecified atom stereocenters. The molecule has 0 N–H and O–H groups in total. The van der Waals surface area contributed by atoms with E-state index in [-0.39, 0.29) is 23.7 Å². The molecule has 21 heavy (non-hydrogen) atoms. The smallest absolute Gasteiger partial charge is 0.233 e. The fourth-order valence-corrected chi connectivity index (χ4v) is 10.3. The van der Waals surface area contributed by atoms with Crippen LogP contribution in [0.25, 0.3) is 0 Å². The average molecular weight is 283 g/mol. The highest BCUT2D eigenvalue weighted by Gasteiger charge is 3.05. The molecule has 0 aromatic carbocycles. The van der Waals surface area contributed by atoms with Crippen molar-refractivity contribution in [2.75, 3.05) is 7.05 Å². The molecule has 2 spiro atoms. The maximum absolute atomic E-state index is 12.7. The summed E-state index contributed by atoms with van der Waals surface area (Å²) in [4.78, 5) is 26.9. The molecule has 3 nitrogen and oxygen atoms in total. The van der Waals surface area contributed by atoms with Crippen LogP contribution >= 0.6 is 0 Å². The number of carbonyl (C=O) groups excluding carboxylic acids is 2. The van der Waals surface area contributed by atoms with Gasteiger partial charge in [-0.25, -0.2) is 0 Å². The maximum Gasteiger partial charge on any atom is 0.233 e. The molecule has 1 heterocycles. The van der Waals surface area contributed by atoms with Gasteiger partial charge in [-0.3, -0.25) is 14.5 Å². The standard InChI is InChI=1S/C18H21NO2/c1-16(2)4-17-10-6-7-11(18(17,5-16)13(7)12(6)17)9-8(10)14(20)19(3)15(9)21/h6-13H,4-5H2,1-3H3. The first kappa shape index (κ1) is 10.8. The zero-order valence-electron chi connectivity index (χ0n) is 12.8. The minimum absolute atomic E-state index is 0.0771. The Hall–Kier alpha value is -0.860. The van der Waals surface area contributed by atoms with E-state index in [0.29, 0.717) is 28.1 Å². The molecule has 8 rings (SSSR count). The third-order valence-electron chi connectivity index (χ3n) is 9.67. The van der Waals surface area contributed by atoms with Crippen molar-refractivity contribution in [3.8, 4) is 0 Å². The van der Waals surface area contributed by atoms with Gasteiger partial charge >= 0.3 is 0 Å². The number of nitrogens with zero attached hydrogens (tertiary/aromatic N) is 1.